The van der Waals surface area contributed by atoms with Gasteiger partial charge in [-0.1, -0.05) is 29.8 Å². The van der Waals surface area contributed by atoms with Gasteiger partial charge in [0.15, 0.2) is 5.75 Å². The van der Waals surface area contributed by atoms with Crippen LogP contribution < -0.4 is 19.7 Å². The van der Waals surface area contributed by atoms with Gasteiger partial charge in [0, 0.05) is 42.9 Å². The van der Waals surface area contributed by atoms with Gasteiger partial charge in [-0.3, -0.25) is 9.78 Å². The van der Waals surface area contributed by atoms with Crippen molar-refractivity contribution < 1.29 is 47.2 Å². The average molecular weight is 598 g/mol. The van der Waals surface area contributed by atoms with E-state index >= 15 is 0 Å². The molecule has 2 aromatic carbocycles. The lowest BCUT2D eigenvalue weighted by Gasteiger charge is -2.25. The number of aromatic nitrogens is 1. The van der Waals surface area contributed by atoms with Crippen molar-refractivity contribution in [2.45, 2.75) is 12.3 Å². The quantitative estimate of drug-likeness (QED) is 0.145. The predicted octanol–water partition coefficient (Wildman–Crippen LogP) is 3.71. The topological polar surface area (TPSA) is 130 Å². The Balaban J connectivity index is 1.89. The number of carbonyl (C=O) groups is 2. The molecule has 0 spiro atoms. The summed E-state index contributed by atoms with van der Waals surface area (Å²) >= 11 is 6.22. The highest BCUT2D eigenvalue weighted by molar-refractivity contribution is 6.33. The van der Waals surface area contributed by atoms with Crippen molar-refractivity contribution in [2.75, 3.05) is 49.7 Å². The zero-order valence-electron chi connectivity index (χ0n) is 21.5. The molecule has 0 saturated carbocycles. The zero-order chi connectivity index (χ0) is 29.8. The van der Waals surface area contributed by atoms with E-state index in [9.17, 15) is 27.9 Å². The van der Waals surface area contributed by atoms with E-state index in [0.717, 1.165) is 17.8 Å². The number of nitrogens with zero attached hydrogens (tertiary/aromatic N) is 2. The molecule has 220 valence electrons. The normalized spacial score (nSPS) is 12.0. The van der Waals surface area contributed by atoms with Gasteiger partial charge < -0.3 is 34.6 Å². The maximum atomic E-state index is 13.8. The van der Waals surface area contributed by atoms with Crippen molar-refractivity contribution in [2.24, 2.45) is 0 Å². The Morgan fingerprint density at radius 1 is 1.07 bits per heavy atom. The molecule has 1 aromatic heterocycles. The van der Waals surface area contributed by atoms with Gasteiger partial charge >= 0.3 is 12.1 Å². The van der Waals surface area contributed by atoms with E-state index in [1.54, 1.807) is 54.9 Å². The standard InChI is InChI=1S/C27H27ClF3N3O7/c28-23-15-21(40-12-10-33-18-6-8-32-9-7-18)14-22(24(23)41-26(38)27(29,30)31)25(37)34(19-4-2-1-3-5-19)11-13-39-17-20(36)16-35/h1-9,14-15,20,35-36H,10-13,16-17H2,(H,32,33). The Kier molecular flexibility index (Phi) is 11.7. The highest BCUT2D eigenvalue weighted by Crippen LogP contribution is 2.36. The number of nitrogens with one attached hydrogen (secondary N) is 1. The fourth-order valence-corrected chi connectivity index (χ4v) is 3.68. The lowest BCUT2D eigenvalue weighted by molar-refractivity contribution is -0.189. The molecule has 1 heterocycles. The lowest BCUT2D eigenvalue weighted by Crippen LogP contribution is -2.36. The molecule has 3 aromatic rings. The molecule has 3 rings (SSSR count). The molecule has 0 bridgehead atoms. The molecule has 3 N–H and O–H groups in total. The summed E-state index contributed by atoms with van der Waals surface area (Å²) in [5, 5.41) is 21.1. The van der Waals surface area contributed by atoms with Crippen LogP contribution in [0.25, 0.3) is 0 Å². The average Bonchev–Trinajstić information content (AvgIpc) is 2.96. The van der Waals surface area contributed by atoms with Crippen LogP contribution in [0.4, 0.5) is 24.5 Å². The van der Waals surface area contributed by atoms with Gasteiger partial charge in [0.05, 0.1) is 30.4 Å². The third kappa shape index (κ3) is 9.60. The Morgan fingerprint density at radius 2 is 1.78 bits per heavy atom. The molecule has 0 aliphatic rings. The summed E-state index contributed by atoms with van der Waals surface area (Å²) in [6, 6.07) is 13.9. The van der Waals surface area contributed by atoms with Crippen molar-refractivity contribution in [3.8, 4) is 11.5 Å². The minimum Gasteiger partial charge on any atom is -0.492 e. The number of amides is 1. The summed E-state index contributed by atoms with van der Waals surface area (Å²) in [6.45, 7) is -0.574. The van der Waals surface area contributed by atoms with Gasteiger partial charge in [0.25, 0.3) is 5.91 Å². The molecule has 10 nitrogen and oxygen atoms in total. The maximum absolute atomic E-state index is 13.8. The number of hydrogen-bond donors (Lipinski definition) is 3. The second kappa shape index (κ2) is 15.2. The molecule has 41 heavy (non-hydrogen) atoms. The lowest BCUT2D eigenvalue weighted by atomic mass is 10.1. The number of hydrogen-bond acceptors (Lipinski definition) is 9. The number of aliphatic hydroxyl groups excluding tert-OH is 2. The number of esters is 1. The largest absolute Gasteiger partial charge is 0.492 e. The molecular formula is C27H27ClF3N3O7. The van der Waals surface area contributed by atoms with Crippen molar-refractivity contribution >= 4 is 34.9 Å². The van der Waals surface area contributed by atoms with Crippen LogP contribution >= 0.6 is 11.6 Å². The molecule has 0 fully saturated rings. The number of pyridine rings is 1. The van der Waals surface area contributed by atoms with Crippen LogP contribution in [0.3, 0.4) is 0 Å². The maximum Gasteiger partial charge on any atom is 0.491 e. The van der Waals surface area contributed by atoms with Crippen LogP contribution in [-0.4, -0.2) is 78.9 Å². The van der Waals surface area contributed by atoms with E-state index in [0.29, 0.717) is 12.2 Å². The molecule has 0 radical (unpaired) electrons. The molecule has 1 atom stereocenters. The SMILES string of the molecule is O=C(c1cc(OCCNc2ccncc2)cc(Cl)c1OC(=O)C(F)(F)F)N(CCOCC(O)CO)c1ccccc1. The van der Waals surface area contributed by atoms with E-state index in [2.05, 4.69) is 15.0 Å². The summed E-state index contributed by atoms with van der Waals surface area (Å²) in [7, 11) is 0. The van der Waals surface area contributed by atoms with Crippen LogP contribution in [0.2, 0.25) is 5.02 Å². The van der Waals surface area contributed by atoms with Gasteiger partial charge in [-0.05, 0) is 30.3 Å². The number of aliphatic hydroxyl groups is 2. The Bertz CT molecular complexity index is 1280. The third-order valence-electron chi connectivity index (χ3n) is 5.35. The van der Waals surface area contributed by atoms with Crippen LogP contribution in [0, 0.1) is 0 Å². The molecule has 1 unspecified atom stereocenters. The first-order valence-electron chi connectivity index (χ1n) is 12.2. The third-order valence-corrected chi connectivity index (χ3v) is 5.63. The summed E-state index contributed by atoms with van der Waals surface area (Å²) in [5.41, 5.74) is 0.659. The highest BCUT2D eigenvalue weighted by atomic mass is 35.5. The van der Waals surface area contributed by atoms with Crippen LogP contribution in [-0.2, 0) is 9.53 Å². The number of alkyl halides is 3. The number of benzene rings is 2. The number of carbonyl (C=O) groups excluding carboxylic acids is 2. The molecule has 0 aliphatic carbocycles. The molecule has 0 saturated heterocycles. The number of anilines is 2. The van der Waals surface area contributed by atoms with Gasteiger partial charge in [-0.2, -0.15) is 13.2 Å². The summed E-state index contributed by atoms with van der Waals surface area (Å²) in [5.74, 6) is -4.18. The van der Waals surface area contributed by atoms with Gasteiger partial charge in [-0.15, -0.1) is 0 Å². The smallest absolute Gasteiger partial charge is 0.491 e. The van der Waals surface area contributed by atoms with E-state index in [1.165, 1.54) is 4.90 Å². The first-order chi connectivity index (χ1) is 19.6. The Morgan fingerprint density at radius 3 is 2.44 bits per heavy atom. The van der Waals surface area contributed by atoms with Crippen LogP contribution in [0.1, 0.15) is 10.4 Å². The fraction of sp³-hybridized carbons (Fsp3) is 0.296. The van der Waals surface area contributed by atoms with Crippen molar-refractivity contribution in [1.29, 1.82) is 0 Å². The summed E-state index contributed by atoms with van der Waals surface area (Å²) in [4.78, 5) is 30.6. The van der Waals surface area contributed by atoms with Crippen LogP contribution in [0.15, 0.2) is 67.0 Å². The second-order valence-corrected chi connectivity index (χ2v) is 8.79. The van der Waals surface area contributed by atoms with Gasteiger partial charge in [-0.25, -0.2) is 4.79 Å². The van der Waals surface area contributed by atoms with E-state index in [4.69, 9.17) is 26.2 Å². The van der Waals surface area contributed by atoms with Gasteiger partial charge in [0.1, 0.15) is 18.5 Å². The second-order valence-electron chi connectivity index (χ2n) is 8.38. The first kappa shape index (κ1) is 31.6. The van der Waals surface area contributed by atoms with Crippen LogP contribution in [0.5, 0.6) is 11.5 Å². The summed E-state index contributed by atoms with van der Waals surface area (Å²) < 4.78 is 54.7. The molecule has 14 heteroatoms. The van der Waals surface area contributed by atoms with Crippen molar-refractivity contribution in [1.82, 2.24) is 4.98 Å². The molecule has 1 amide bonds. The number of para-hydroxylation sites is 1. The highest BCUT2D eigenvalue weighted by Gasteiger charge is 2.42. The van der Waals surface area contributed by atoms with E-state index in [1.807, 2.05) is 0 Å². The predicted molar refractivity (Wildman–Crippen MR) is 143 cm³/mol. The Hall–Kier alpha value is -3.91. The van der Waals surface area contributed by atoms with Crippen molar-refractivity contribution in [3.05, 3.63) is 77.6 Å². The monoisotopic (exact) mass is 597 g/mol. The molecular weight excluding hydrogens is 571 g/mol. The minimum atomic E-state index is -5.35. The molecule has 0 aliphatic heterocycles. The van der Waals surface area contributed by atoms with Crippen molar-refractivity contribution in [3.63, 3.8) is 0 Å². The minimum absolute atomic E-state index is 0.0389. The summed E-state index contributed by atoms with van der Waals surface area (Å²) in [6.07, 6.45) is -3.29. The first-order valence-corrected chi connectivity index (χ1v) is 12.6. The number of halogens is 4. The van der Waals surface area contributed by atoms with E-state index in [-0.39, 0.29) is 32.1 Å². The number of ether oxygens (including phenoxy) is 3. The van der Waals surface area contributed by atoms with E-state index < -0.39 is 47.1 Å². The zero-order valence-corrected chi connectivity index (χ0v) is 22.3. The Labute approximate surface area is 238 Å². The fourth-order valence-electron chi connectivity index (χ4n) is 3.43. The number of rotatable bonds is 14. The van der Waals surface area contributed by atoms with Gasteiger partial charge in [0.2, 0.25) is 0 Å².